The van der Waals surface area contributed by atoms with Crippen molar-refractivity contribution in [3.63, 3.8) is 0 Å². The van der Waals surface area contributed by atoms with Gasteiger partial charge in [-0.2, -0.15) is 4.31 Å². The number of rotatable bonds is 7. The van der Waals surface area contributed by atoms with Crippen molar-refractivity contribution in [3.8, 4) is 0 Å². The molecule has 1 fully saturated rings. The molecule has 198 valence electrons. The first-order valence-corrected chi connectivity index (χ1v) is 13.9. The van der Waals surface area contributed by atoms with Gasteiger partial charge in [0, 0.05) is 50.0 Å². The highest BCUT2D eigenvalue weighted by Gasteiger charge is 2.39. The summed E-state index contributed by atoms with van der Waals surface area (Å²) in [5, 5.41) is 3.38. The van der Waals surface area contributed by atoms with Gasteiger partial charge in [0.2, 0.25) is 10.0 Å². The topological polar surface area (TPSA) is 99.3 Å². The van der Waals surface area contributed by atoms with Gasteiger partial charge in [0.1, 0.15) is 0 Å². The Morgan fingerprint density at radius 2 is 1.78 bits per heavy atom. The second-order valence-electron chi connectivity index (χ2n) is 9.09. The number of benzene rings is 2. The van der Waals surface area contributed by atoms with Gasteiger partial charge in [-0.25, -0.2) is 18.0 Å². The van der Waals surface area contributed by atoms with Gasteiger partial charge in [-0.1, -0.05) is 41.9 Å². The van der Waals surface area contributed by atoms with Crippen LogP contribution in [0.3, 0.4) is 0 Å². The van der Waals surface area contributed by atoms with Crippen LogP contribution in [0.4, 0.5) is 4.79 Å². The second kappa shape index (κ2) is 11.2. The van der Waals surface area contributed by atoms with Crippen LogP contribution in [0.5, 0.6) is 0 Å². The molecule has 0 bridgehead atoms. The van der Waals surface area contributed by atoms with E-state index in [1.54, 1.807) is 26.1 Å². The number of ether oxygens (including phenoxy) is 1. The number of sulfonamides is 1. The predicted octanol–water partition coefficient (Wildman–Crippen LogP) is 3.25. The first-order chi connectivity index (χ1) is 17.6. The largest absolute Gasteiger partial charge is 0.463 e. The molecule has 0 radical (unpaired) electrons. The minimum Gasteiger partial charge on any atom is -0.463 e. The third-order valence-corrected chi connectivity index (χ3v) is 8.93. The van der Waals surface area contributed by atoms with Crippen LogP contribution in [0.2, 0.25) is 5.02 Å². The summed E-state index contributed by atoms with van der Waals surface area (Å²) in [6.07, 6.45) is 0. The molecule has 2 aromatic carbocycles. The highest BCUT2D eigenvalue weighted by Crippen LogP contribution is 2.32. The highest BCUT2D eigenvalue weighted by atomic mass is 35.5. The molecule has 2 amide bonds. The quantitative estimate of drug-likeness (QED) is 0.535. The van der Waals surface area contributed by atoms with Gasteiger partial charge >= 0.3 is 12.0 Å². The van der Waals surface area contributed by atoms with Crippen LogP contribution in [0, 0.1) is 0 Å². The number of piperazine rings is 1. The summed E-state index contributed by atoms with van der Waals surface area (Å²) in [4.78, 5) is 29.7. The Hall–Kier alpha value is -2.92. The normalized spacial score (nSPS) is 21.6. The lowest BCUT2D eigenvalue weighted by molar-refractivity contribution is -0.139. The number of hydrogen-bond donors (Lipinski definition) is 1. The van der Waals surface area contributed by atoms with E-state index in [2.05, 4.69) is 10.2 Å². The van der Waals surface area contributed by atoms with Crippen LogP contribution in [-0.2, 0) is 19.6 Å². The average Bonchev–Trinajstić information content (AvgIpc) is 2.87. The molecule has 1 N–H and O–H groups in total. The van der Waals surface area contributed by atoms with E-state index in [9.17, 15) is 18.0 Å². The Bertz CT molecular complexity index is 1280. The number of hydrogen-bond acceptors (Lipinski definition) is 6. The summed E-state index contributed by atoms with van der Waals surface area (Å²) in [6, 6.07) is 14.1. The fourth-order valence-electron chi connectivity index (χ4n) is 4.76. The van der Waals surface area contributed by atoms with E-state index in [4.69, 9.17) is 16.3 Å². The lowest BCUT2D eigenvalue weighted by Crippen LogP contribution is -2.56. The molecule has 2 aromatic rings. The van der Waals surface area contributed by atoms with E-state index >= 15 is 0 Å². The monoisotopic (exact) mass is 546 g/mol. The van der Waals surface area contributed by atoms with Crippen molar-refractivity contribution in [1.82, 2.24) is 19.4 Å². The lowest BCUT2D eigenvalue weighted by atomic mass is 9.94. The standard InChI is InChI=1S/C26H31ClN4O5S/c1-4-36-25(32)23-22(29(3)26(33)28-24(23)19-8-6-5-7-9-19)17-30-14-15-31(18(2)16-30)37(34,35)21-12-10-20(27)11-13-21/h5-13,18,24H,4,14-17H2,1-3H3,(H,28,33)/t18-,24+/m1/s1. The molecule has 37 heavy (non-hydrogen) atoms. The van der Waals surface area contributed by atoms with Crippen LogP contribution >= 0.6 is 11.6 Å². The number of halogens is 1. The minimum absolute atomic E-state index is 0.193. The van der Waals surface area contributed by atoms with Gasteiger partial charge in [-0.05, 0) is 43.7 Å². The molecule has 2 aliphatic heterocycles. The Morgan fingerprint density at radius 3 is 2.41 bits per heavy atom. The van der Waals surface area contributed by atoms with Crippen molar-refractivity contribution in [2.24, 2.45) is 0 Å². The van der Waals surface area contributed by atoms with Crippen molar-refractivity contribution < 1.29 is 22.7 Å². The van der Waals surface area contributed by atoms with Crippen molar-refractivity contribution in [2.45, 2.75) is 30.8 Å². The molecule has 2 heterocycles. The number of esters is 1. The summed E-state index contributed by atoms with van der Waals surface area (Å²) in [7, 11) is -2.07. The van der Waals surface area contributed by atoms with Crippen LogP contribution in [0.1, 0.15) is 25.5 Å². The van der Waals surface area contributed by atoms with Crippen LogP contribution in [0.25, 0.3) is 0 Å². The van der Waals surface area contributed by atoms with Gasteiger partial charge < -0.3 is 10.1 Å². The number of likely N-dealkylation sites (N-methyl/N-ethyl adjacent to an activating group) is 1. The minimum atomic E-state index is -3.69. The second-order valence-corrected chi connectivity index (χ2v) is 11.4. The molecule has 2 aliphatic rings. The summed E-state index contributed by atoms with van der Waals surface area (Å²) >= 11 is 5.93. The van der Waals surface area contributed by atoms with Gasteiger partial charge in [0.05, 0.1) is 23.1 Å². The molecule has 2 atom stereocenters. The molecular weight excluding hydrogens is 516 g/mol. The molecule has 11 heteroatoms. The number of nitrogens with zero attached hydrogens (tertiary/aromatic N) is 3. The van der Waals surface area contributed by atoms with Gasteiger partial charge in [0.15, 0.2) is 0 Å². The van der Waals surface area contributed by atoms with Crippen LogP contribution in [0.15, 0.2) is 70.8 Å². The smallest absolute Gasteiger partial charge is 0.338 e. The molecule has 0 aromatic heterocycles. The Balaban J connectivity index is 1.61. The summed E-state index contributed by atoms with van der Waals surface area (Å²) < 4.78 is 33.4. The molecule has 0 aliphatic carbocycles. The molecule has 9 nitrogen and oxygen atoms in total. The van der Waals surface area contributed by atoms with Crippen molar-refractivity contribution in [1.29, 1.82) is 0 Å². The molecule has 0 saturated carbocycles. The third-order valence-electron chi connectivity index (χ3n) is 6.65. The Kier molecular flexibility index (Phi) is 8.23. The van der Waals surface area contributed by atoms with E-state index in [-0.39, 0.29) is 30.1 Å². The van der Waals surface area contributed by atoms with E-state index in [0.717, 1.165) is 5.56 Å². The van der Waals surface area contributed by atoms with E-state index < -0.39 is 22.0 Å². The SMILES string of the molecule is CCOC(=O)C1=C(CN2CCN(S(=O)(=O)c3ccc(Cl)cc3)[C@H](C)C2)N(C)C(=O)N[C@H]1c1ccccc1. The molecule has 0 spiro atoms. The molecule has 1 saturated heterocycles. The van der Waals surface area contributed by atoms with Crippen molar-refractivity contribution in [2.75, 3.05) is 39.8 Å². The predicted molar refractivity (Wildman–Crippen MR) is 140 cm³/mol. The first-order valence-electron chi connectivity index (χ1n) is 12.1. The molecule has 0 unspecified atom stereocenters. The fraction of sp³-hybridized carbons (Fsp3) is 0.385. The zero-order valence-electron chi connectivity index (χ0n) is 21.1. The lowest BCUT2D eigenvalue weighted by Gasteiger charge is -2.41. The van der Waals surface area contributed by atoms with Crippen molar-refractivity contribution in [3.05, 3.63) is 76.5 Å². The molecular formula is C26H31ClN4O5S. The maximum Gasteiger partial charge on any atom is 0.338 e. The van der Waals surface area contributed by atoms with Gasteiger partial charge in [0.25, 0.3) is 0 Å². The summed E-state index contributed by atoms with van der Waals surface area (Å²) in [6.45, 7) is 5.22. The maximum absolute atomic E-state index is 13.2. The zero-order valence-corrected chi connectivity index (χ0v) is 22.6. The fourth-order valence-corrected chi connectivity index (χ4v) is 6.50. The van der Waals surface area contributed by atoms with Crippen molar-refractivity contribution >= 4 is 33.6 Å². The number of carbonyl (C=O) groups excluding carboxylic acids is 2. The number of nitrogens with one attached hydrogen (secondary N) is 1. The highest BCUT2D eigenvalue weighted by molar-refractivity contribution is 7.89. The zero-order chi connectivity index (χ0) is 26.7. The summed E-state index contributed by atoms with van der Waals surface area (Å²) in [5.74, 6) is -0.491. The number of carbonyl (C=O) groups is 2. The molecule has 4 rings (SSSR count). The summed E-state index contributed by atoms with van der Waals surface area (Å²) in [5.41, 5.74) is 1.69. The average molecular weight is 547 g/mol. The van der Waals surface area contributed by atoms with Gasteiger partial charge in [-0.15, -0.1) is 0 Å². The third kappa shape index (κ3) is 5.67. The van der Waals surface area contributed by atoms with E-state index in [1.807, 2.05) is 37.3 Å². The number of amides is 2. The Morgan fingerprint density at radius 1 is 1.11 bits per heavy atom. The number of urea groups is 1. The van der Waals surface area contributed by atoms with Gasteiger partial charge in [-0.3, -0.25) is 9.80 Å². The maximum atomic E-state index is 13.2. The van der Waals surface area contributed by atoms with E-state index in [0.29, 0.717) is 35.9 Å². The first kappa shape index (κ1) is 27.1. The van der Waals surface area contributed by atoms with Crippen LogP contribution < -0.4 is 5.32 Å². The Labute approximate surface area is 222 Å². The van der Waals surface area contributed by atoms with E-state index in [1.165, 1.54) is 21.3 Å². The van der Waals surface area contributed by atoms with Crippen LogP contribution in [-0.4, -0.2) is 80.4 Å².